The zero-order chi connectivity index (χ0) is 13.1. The van der Waals surface area contributed by atoms with Gasteiger partial charge in [0.1, 0.15) is 5.82 Å². The molecule has 2 N–H and O–H groups in total. The van der Waals surface area contributed by atoms with Crippen molar-refractivity contribution in [2.75, 3.05) is 12.4 Å². The maximum Gasteiger partial charge on any atom is 0.335 e. The fraction of sp³-hybridized carbons (Fsp3) is 0.182. The molecule has 0 bridgehead atoms. The molecule has 0 spiro atoms. The molecule has 7 nitrogen and oxygen atoms in total. The number of rotatable bonds is 4. The number of hydrogen-bond acceptors (Lipinski definition) is 5. The highest BCUT2D eigenvalue weighted by atomic mass is 16.5. The third-order valence-electron chi connectivity index (χ3n) is 2.31. The van der Waals surface area contributed by atoms with Gasteiger partial charge in [-0.1, -0.05) is 0 Å². The molecule has 2 aromatic heterocycles. The standard InChI is InChI=1S/C11H12N4O3/c1-15-10(18-2)6-9(14-15)13-8-5-7(11(16)17)3-4-12-8/h3-6H,1-2H3,(H,16,17)(H,12,13,14). The lowest BCUT2D eigenvalue weighted by atomic mass is 10.2. The van der Waals surface area contributed by atoms with Crippen LogP contribution < -0.4 is 10.1 Å². The van der Waals surface area contributed by atoms with Gasteiger partial charge in [-0.3, -0.25) is 0 Å². The number of aryl methyl sites for hydroxylation is 1. The zero-order valence-electron chi connectivity index (χ0n) is 9.91. The molecule has 0 atom stereocenters. The number of anilines is 2. The average molecular weight is 248 g/mol. The second-order valence-electron chi connectivity index (χ2n) is 3.56. The van der Waals surface area contributed by atoms with E-state index in [0.717, 1.165) is 0 Å². The Balaban J connectivity index is 2.22. The lowest BCUT2D eigenvalue weighted by Gasteiger charge is -2.02. The molecule has 2 rings (SSSR count). The Kier molecular flexibility index (Phi) is 3.13. The van der Waals surface area contributed by atoms with Crippen LogP contribution in [-0.4, -0.2) is 33.0 Å². The van der Waals surface area contributed by atoms with E-state index in [2.05, 4.69) is 15.4 Å². The Bertz CT molecular complexity index is 579. The Morgan fingerprint density at radius 1 is 1.44 bits per heavy atom. The van der Waals surface area contributed by atoms with Crippen LogP contribution in [0.5, 0.6) is 5.88 Å². The average Bonchev–Trinajstić information content (AvgIpc) is 2.69. The first kappa shape index (κ1) is 11.9. The van der Waals surface area contributed by atoms with Gasteiger partial charge in [0.25, 0.3) is 0 Å². The number of methoxy groups -OCH3 is 1. The zero-order valence-corrected chi connectivity index (χ0v) is 9.91. The molecular weight excluding hydrogens is 236 g/mol. The first-order valence-electron chi connectivity index (χ1n) is 5.14. The van der Waals surface area contributed by atoms with Gasteiger partial charge in [-0.15, -0.1) is 0 Å². The van der Waals surface area contributed by atoms with Gasteiger partial charge in [-0.05, 0) is 12.1 Å². The molecule has 18 heavy (non-hydrogen) atoms. The van der Waals surface area contributed by atoms with Gasteiger partial charge >= 0.3 is 5.97 Å². The fourth-order valence-corrected chi connectivity index (χ4v) is 1.47. The van der Waals surface area contributed by atoms with E-state index in [1.165, 1.54) is 18.3 Å². The van der Waals surface area contributed by atoms with Crippen LogP contribution in [0.25, 0.3) is 0 Å². The summed E-state index contributed by atoms with van der Waals surface area (Å²) in [6.45, 7) is 0. The van der Waals surface area contributed by atoms with Crippen LogP contribution >= 0.6 is 0 Å². The van der Waals surface area contributed by atoms with Gasteiger partial charge in [-0.2, -0.15) is 5.10 Å². The van der Waals surface area contributed by atoms with Crippen LogP contribution in [0.2, 0.25) is 0 Å². The molecule has 2 heterocycles. The summed E-state index contributed by atoms with van der Waals surface area (Å²) in [6.07, 6.45) is 1.42. The van der Waals surface area contributed by atoms with Crippen LogP contribution in [0.15, 0.2) is 24.4 Å². The van der Waals surface area contributed by atoms with Gasteiger partial charge in [0, 0.05) is 19.3 Å². The molecule has 0 aliphatic carbocycles. The van der Waals surface area contributed by atoms with Crippen molar-refractivity contribution < 1.29 is 14.6 Å². The van der Waals surface area contributed by atoms with Crippen molar-refractivity contribution >= 4 is 17.6 Å². The molecule has 0 unspecified atom stereocenters. The number of ether oxygens (including phenoxy) is 1. The lowest BCUT2D eigenvalue weighted by Crippen LogP contribution is -2.00. The molecule has 0 aliphatic heterocycles. The minimum atomic E-state index is -1.00. The molecule has 0 fully saturated rings. The molecule has 0 amide bonds. The van der Waals surface area contributed by atoms with Crippen molar-refractivity contribution in [2.24, 2.45) is 7.05 Å². The number of aromatic nitrogens is 3. The van der Waals surface area contributed by atoms with Crippen molar-refractivity contribution in [3.8, 4) is 5.88 Å². The molecule has 0 saturated heterocycles. The molecule has 0 saturated carbocycles. The summed E-state index contributed by atoms with van der Waals surface area (Å²) in [5.41, 5.74) is 0.162. The second kappa shape index (κ2) is 4.74. The van der Waals surface area contributed by atoms with Gasteiger partial charge in [-0.25, -0.2) is 14.5 Å². The molecule has 2 aromatic rings. The number of pyridine rings is 1. The van der Waals surface area contributed by atoms with E-state index in [1.807, 2.05) is 0 Å². The quantitative estimate of drug-likeness (QED) is 0.846. The topological polar surface area (TPSA) is 89.3 Å². The Morgan fingerprint density at radius 2 is 2.22 bits per heavy atom. The van der Waals surface area contributed by atoms with Crippen LogP contribution in [0.4, 0.5) is 11.6 Å². The Labute approximate surface area is 103 Å². The fourth-order valence-electron chi connectivity index (χ4n) is 1.47. The molecular formula is C11H12N4O3. The van der Waals surface area contributed by atoms with E-state index in [0.29, 0.717) is 17.5 Å². The third-order valence-corrected chi connectivity index (χ3v) is 2.31. The lowest BCUT2D eigenvalue weighted by molar-refractivity contribution is 0.0697. The van der Waals surface area contributed by atoms with Crippen molar-refractivity contribution in [3.05, 3.63) is 30.0 Å². The van der Waals surface area contributed by atoms with Gasteiger partial charge < -0.3 is 15.2 Å². The second-order valence-corrected chi connectivity index (χ2v) is 3.56. The van der Waals surface area contributed by atoms with E-state index in [-0.39, 0.29) is 5.56 Å². The Morgan fingerprint density at radius 3 is 2.83 bits per heavy atom. The summed E-state index contributed by atoms with van der Waals surface area (Å²) in [4.78, 5) is 14.8. The predicted octanol–water partition coefficient (Wildman–Crippen LogP) is 1.27. The minimum absolute atomic E-state index is 0.162. The normalized spacial score (nSPS) is 10.1. The smallest absolute Gasteiger partial charge is 0.335 e. The summed E-state index contributed by atoms with van der Waals surface area (Å²) in [7, 11) is 3.29. The van der Waals surface area contributed by atoms with Crippen LogP contribution in [-0.2, 0) is 7.05 Å². The third kappa shape index (κ3) is 2.40. The molecule has 0 radical (unpaired) electrons. The van der Waals surface area contributed by atoms with Gasteiger partial charge in [0.2, 0.25) is 5.88 Å². The van der Waals surface area contributed by atoms with E-state index in [4.69, 9.17) is 9.84 Å². The first-order valence-corrected chi connectivity index (χ1v) is 5.14. The number of hydrogen-bond donors (Lipinski definition) is 2. The van der Waals surface area contributed by atoms with Crippen molar-refractivity contribution in [3.63, 3.8) is 0 Å². The molecule has 7 heteroatoms. The number of nitrogens with one attached hydrogen (secondary N) is 1. The number of carbonyl (C=O) groups is 1. The summed E-state index contributed by atoms with van der Waals surface area (Å²) in [5, 5.41) is 15.9. The molecule has 0 aromatic carbocycles. The van der Waals surface area contributed by atoms with E-state index in [9.17, 15) is 4.79 Å². The van der Waals surface area contributed by atoms with E-state index < -0.39 is 5.97 Å². The predicted molar refractivity (Wildman–Crippen MR) is 64.2 cm³/mol. The highest BCUT2D eigenvalue weighted by Gasteiger charge is 2.08. The monoisotopic (exact) mass is 248 g/mol. The van der Waals surface area contributed by atoms with Crippen LogP contribution in [0, 0.1) is 0 Å². The number of carboxylic acid groups (broad SMARTS) is 1. The number of aromatic carboxylic acids is 1. The summed E-state index contributed by atoms with van der Waals surface area (Å²) < 4.78 is 6.63. The summed E-state index contributed by atoms with van der Waals surface area (Å²) in [5.74, 6) is 0.533. The highest BCUT2D eigenvalue weighted by Crippen LogP contribution is 2.19. The first-order chi connectivity index (χ1) is 8.60. The van der Waals surface area contributed by atoms with Crippen LogP contribution in [0.3, 0.4) is 0 Å². The molecule has 94 valence electrons. The Hall–Kier alpha value is -2.57. The van der Waals surface area contributed by atoms with Crippen molar-refractivity contribution in [1.82, 2.24) is 14.8 Å². The van der Waals surface area contributed by atoms with Gasteiger partial charge in [0.05, 0.1) is 12.7 Å². The SMILES string of the molecule is COc1cc(Nc2cc(C(=O)O)ccn2)nn1C. The number of nitrogens with zero attached hydrogens (tertiary/aromatic N) is 3. The van der Waals surface area contributed by atoms with Crippen molar-refractivity contribution in [2.45, 2.75) is 0 Å². The van der Waals surface area contributed by atoms with Crippen molar-refractivity contribution in [1.29, 1.82) is 0 Å². The number of carboxylic acids is 1. The molecule has 0 aliphatic rings. The highest BCUT2D eigenvalue weighted by molar-refractivity contribution is 5.88. The van der Waals surface area contributed by atoms with Crippen LogP contribution in [0.1, 0.15) is 10.4 Å². The van der Waals surface area contributed by atoms with E-state index >= 15 is 0 Å². The largest absolute Gasteiger partial charge is 0.481 e. The summed E-state index contributed by atoms with van der Waals surface area (Å²) in [6, 6.07) is 4.55. The van der Waals surface area contributed by atoms with E-state index in [1.54, 1.807) is 24.9 Å². The maximum atomic E-state index is 10.8. The summed E-state index contributed by atoms with van der Waals surface area (Å²) >= 11 is 0. The van der Waals surface area contributed by atoms with Gasteiger partial charge in [0.15, 0.2) is 5.82 Å². The minimum Gasteiger partial charge on any atom is -0.481 e. The maximum absolute atomic E-state index is 10.8.